The Balaban J connectivity index is 2.55. The lowest BCUT2D eigenvalue weighted by Crippen LogP contribution is -2.47. The summed E-state index contributed by atoms with van der Waals surface area (Å²) in [5.41, 5.74) is 5.78. The van der Waals surface area contributed by atoms with Crippen LogP contribution in [0.2, 0.25) is 0 Å². The Morgan fingerprint density at radius 3 is 2.89 bits per heavy atom. The van der Waals surface area contributed by atoms with Gasteiger partial charge in [0.2, 0.25) is 0 Å². The van der Waals surface area contributed by atoms with Crippen LogP contribution >= 0.6 is 0 Å². The van der Waals surface area contributed by atoms with Crippen LogP contribution in [0, 0.1) is 5.82 Å². The highest BCUT2D eigenvalue weighted by atomic mass is 19.1. The summed E-state index contributed by atoms with van der Waals surface area (Å²) in [5, 5.41) is 0. The highest BCUT2D eigenvalue weighted by Crippen LogP contribution is 2.39. The van der Waals surface area contributed by atoms with Gasteiger partial charge in [0.15, 0.2) is 5.96 Å². The number of hydrogen-bond donors (Lipinski definition) is 1. The van der Waals surface area contributed by atoms with Crippen molar-refractivity contribution < 1.29 is 9.13 Å². The van der Waals surface area contributed by atoms with E-state index in [0.717, 1.165) is 0 Å². The molecule has 2 rings (SSSR count). The van der Waals surface area contributed by atoms with Gasteiger partial charge in [0.1, 0.15) is 11.6 Å². The number of nitrogens with two attached hydrogens (primary N) is 1. The van der Waals surface area contributed by atoms with Gasteiger partial charge in [-0.3, -0.25) is 4.99 Å². The maximum Gasteiger partial charge on any atom is 0.192 e. The van der Waals surface area contributed by atoms with Crippen molar-refractivity contribution in [2.24, 2.45) is 10.7 Å². The van der Waals surface area contributed by atoms with E-state index in [1.807, 2.05) is 18.7 Å². The molecule has 0 spiro atoms. The molecule has 1 aromatic carbocycles. The van der Waals surface area contributed by atoms with E-state index in [0.29, 0.717) is 30.4 Å². The van der Waals surface area contributed by atoms with Crippen molar-refractivity contribution in [2.75, 3.05) is 20.2 Å². The molecule has 0 bridgehead atoms. The predicted octanol–water partition coefficient (Wildman–Crippen LogP) is 1.70. The molecule has 0 saturated heterocycles. The normalized spacial score (nSPS) is 23.1. The first kappa shape index (κ1) is 12.7. The van der Waals surface area contributed by atoms with Crippen LogP contribution in [-0.2, 0) is 5.54 Å². The Morgan fingerprint density at radius 1 is 1.56 bits per heavy atom. The number of benzene rings is 1. The van der Waals surface area contributed by atoms with Crippen molar-refractivity contribution in [3.05, 3.63) is 29.6 Å². The molecule has 5 heteroatoms. The molecule has 1 aliphatic rings. The van der Waals surface area contributed by atoms with E-state index in [9.17, 15) is 4.39 Å². The topological polar surface area (TPSA) is 50.8 Å². The average molecular weight is 251 g/mol. The van der Waals surface area contributed by atoms with Gasteiger partial charge in [-0.15, -0.1) is 0 Å². The minimum Gasteiger partial charge on any atom is -0.496 e. The first-order valence-corrected chi connectivity index (χ1v) is 5.95. The van der Waals surface area contributed by atoms with E-state index < -0.39 is 5.54 Å². The summed E-state index contributed by atoms with van der Waals surface area (Å²) < 4.78 is 19.4. The molecule has 4 nitrogen and oxygen atoms in total. The van der Waals surface area contributed by atoms with Gasteiger partial charge in [0, 0.05) is 6.54 Å². The van der Waals surface area contributed by atoms with Crippen LogP contribution in [0.3, 0.4) is 0 Å². The molecule has 0 radical (unpaired) electrons. The molecule has 1 aliphatic heterocycles. The van der Waals surface area contributed by atoms with Crippen LogP contribution in [-0.4, -0.2) is 31.1 Å². The Bertz CT molecular complexity index is 489. The summed E-state index contributed by atoms with van der Waals surface area (Å²) in [5.74, 6) is 0.686. The molecular formula is C13H18FN3O. The summed E-state index contributed by atoms with van der Waals surface area (Å²) in [4.78, 5) is 6.13. The van der Waals surface area contributed by atoms with Gasteiger partial charge < -0.3 is 15.4 Å². The van der Waals surface area contributed by atoms with Gasteiger partial charge >= 0.3 is 0 Å². The fourth-order valence-electron chi connectivity index (χ4n) is 2.58. The van der Waals surface area contributed by atoms with Crippen LogP contribution < -0.4 is 10.5 Å². The maximum absolute atomic E-state index is 14.2. The highest BCUT2D eigenvalue weighted by molar-refractivity contribution is 5.81. The molecular weight excluding hydrogens is 233 g/mol. The SMILES string of the molecule is CCN1C(N)=NCC1(C)c1c(F)cccc1OC. The Hall–Kier alpha value is -1.78. The maximum atomic E-state index is 14.2. The smallest absolute Gasteiger partial charge is 0.192 e. The number of halogens is 1. The molecule has 0 saturated carbocycles. The fraction of sp³-hybridized carbons (Fsp3) is 0.462. The van der Waals surface area contributed by atoms with E-state index in [4.69, 9.17) is 10.5 Å². The van der Waals surface area contributed by atoms with E-state index >= 15 is 0 Å². The van der Waals surface area contributed by atoms with Crippen molar-refractivity contribution in [2.45, 2.75) is 19.4 Å². The predicted molar refractivity (Wildman–Crippen MR) is 69.2 cm³/mol. The monoisotopic (exact) mass is 251 g/mol. The van der Waals surface area contributed by atoms with E-state index in [1.165, 1.54) is 13.2 Å². The van der Waals surface area contributed by atoms with Crippen LogP contribution in [0.15, 0.2) is 23.2 Å². The molecule has 0 fully saturated rings. The minimum atomic E-state index is -0.588. The van der Waals surface area contributed by atoms with E-state index in [-0.39, 0.29) is 5.82 Å². The third-order valence-corrected chi connectivity index (χ3v) is 3.47. The molecule has 1 heterocycles. The third kappa shape index (κ3) is 1.70. The standard InChI is InChI=1S/C13H18FN3O/c1-4-17-12(15)16-8-13(17,2)11-9(14)6-5-7-10(11)18-3/h5-7H,4,8H2,1-3H3,(H2,15,16). The van der Waals surface area contributed by atoms with Crippen molar-refractivity contribution >= 4 is 5.96 Å². The van der Waals surface area contributed by atoms with Crippen LogP contribution in [0.5, 0.6) is 5.75 Å². The number of rotatable bonds is 3. The first-order valence-electron chi connectivity index (χ1n) is 5.95. The van der Waals surface area contributed by atoms with Crippen molar-refractivity contribution in [3.63, 3.8) is 0 Å². The summed E-state index contributed by atoms with van der Waals surface area (Å²) in [7, 11) is 1.54. The number of guanidine groups is 1. The van der Waals surface area contributed by atoms with Crippen molar-refractivity contribution in [1.82, 2.24) is 4.90 Å². The van der Waals surface area contributed by atoms with Crippen LogP contribution in [0.25, 0.3) is 0 Å². The molecule has 18 heavy (non-hydrogen) atoms. The number of hydrogen-bond acceptors (Lipinski definition) is 4. The van der Waals surface area contributed by atoms with Gasteiger partial charge in [-0.25, -0.2) is 4.39 Å². The van der Waals surface area contributed by atoms with Gasteiger partial charge in [-0.2, -0.15) is 0 Å². The number of methoxy groups -OCH3 is 1. The Morgan fingerprint density at radius 2 is 2.28 bits per heavy atom. The molecule has 98 valence electrons. The second-order valence-electron chi connectivity index (χ2n) is 4.51. The van der Waals surface area contributed by atoms with Gasteiger partial charge in [-0.05, 0) is 26.0 Å². The third-order valence-electron chi connectivity index (χ3n) is 3.47. The zero-order valence-corrected chi connectivity index (χ0v) is 10.9. The quantitative estimate of drug-likeness (QED) is 0.889. The lowest BCUT2D eigenvalue weighted by molar-refractivity contribution is 0.219. The minimum absolute atomic E-state index is 0.291. The number of likely N-dealkylation sites (N-methyl/N-ethyl adjacent to an activating group) is 1. The summed E-state index contributed by atoms with van der Waals surface area (Å²) in [6.07, 6.45) is 0. The molecule has 0 aliphatic carbocycles. The zero-order valence-electron chi connectivity index (χ0n) is 10.9. The molecule has 1 atom stereocenters. The number of aliphatic imine (C=N–C) groups is 1. The van der Waals surface area contributed by atoms with E-state index in [1.54, 1.807) is 12.1 Å². The second-order valence-corrected chi connectivity index (χ2v) is 4.51. The largest absolute Gasteiger partial charge is 0.496 e. The van der Waals surface area contributed by atoms with Crippen molar-refractivity contribution in [3.8, 4) is 5.75 Å². The summed E-state index contributed by atoms with van der Waals surface area (Å²) in [6, 6.07) is 4.83. The lowest BCUT2D eigenvalue weighted by Gasteiger charge is -2.36. The number of nitrogens with zero attached hydrogens (tertiary/aromatic N) is 2. The Kier molecular flexibility index (Phi) is 3.15. The fourth-order valence-corrected chi connectivity index (χ4v) is 2.58. The van der Waals surface area contributed by atoms with Gasteiger partial charge in [0.25, 0.3) is 0 Å². The molecule has 0 amide bonds. The lowest BCUT2D eigenvalue weighted by atomic mass is 9.89. The molecule has 1 aromatic rings. The van der Waals surface area contributed by atoms with Gasteiger partial charge in [0.05, 0.1) is 24.8 Å². The van der Waals surface area contributed by atoms with Crippen molar-refractivity contribution in [1.29, 1.82) is 0 Å². The Labute approximate surface area is 106 Å². The summed E-state index contributed by atoms with van der Waals surface area (Å²) >= 11 is 0. The summed E-state index contributed by atoms with van der Waals surface area (Å²) in [6.45, 7) is 5.01. The van der Waals surface area contributed by atoms with E-state index in [2.05, 4.69) is 4.99 Å². The average Bonchev–Trinajstić information content (AvgIpc) is 2.65. The highest BCUT2D eigenvalue weighted by Gasteiger charge is 2.42. The molecule has 0 aromatic heterocycles. The zero-order chi connectivity index (χ0) is 13.3. The number of ether oxygens (including phenoxy) is 1. The van der Waals surface area contributed by atoms with Crippen LogP contribution in [0.1, 0.15) is 19.4 Å². The molecule has 1 unspecified atom stereocenters. The first-order chi connectivity index (χ1) is 8.54. The van der Waals surface area contributed by atoms with Crippen LogP contribution in [0.4, 0.5) is 4.39 Å². The second kappa shape index (κ2) is 4.48. The van der Waals surface area contributed by atoms with Gasteiger partial charge in [-0.1, -0.05) is 6.07 Å². The molecule has 2 N–H and O–H groups in total.